The molecule has 1 atom stereocenters. The molecule has 7 heteroatoms. The summed E-state index contributed by atoms with van der Waals surface area (Å²) in [7, 11) is 0. The normalized spacial score (nSPS) is 11.6. The Kier molecular flexibility index (Phi) is 5.83. The first-order valence-corrected chi connectivity index (χ1v) is 8.94. The van der Waals surface area contributed by atoms with Gasteiger partial charge in [-0.05, 0) is 23.8 Å². The minimum atomic E-state index is -0.731. The summed E-state index contributed by atoms with van der Waals surface area (Å²) in [5.41, 5.74) is 0.233. The number of non-ortho nitro benzene ring substituents is 1. The highest BCUT2D eigenvalue weighted by atomic mass is 32.2. The Labute approximate surface area is 159 Å². The van der Waals surface area contributed by atoms with Crippen molar-refractivity contribution < 1.29 is 14.1 Å². The van der Waals surface area contributed by atoms with Crippen LogP contribution in [0, 0.1) is 15.9 Å². The number of nitrogens with zero attached hydrogens (tertiary/aromatic N) is 1. The zero-order valence-corrected chi connectivity index (χ0v) is 14.9. The van der Waals surface area contributed by atoms with Crippen molar-refractivity contribution in [2.45, 2.75) is 10.1 Å². The Bertz CT molecular complexity index is 952. The van der Waals surface area contributed by atoms with Gasteiger partial charge in [-0.15, -0.1) is 11.8 Å². The molecule has 0 spiro atoms. The van der Waals surface area contributed by atoms with Crippen molar-refractivity contribution in [3.8, 4) is 0 Å². The molecule has 3 rings (SSSR count). The Balaban J connectivity index is 1.89. The number of carbonyl (C=O) groups excluding carboxylic acids is 1. The molecule has 136 valence electrons. The topological polar surface area (TPSA) is 72.2 Å². The van der Waals surface area contributed by atoms with Gasteiger partial charge in [0.25, 0.3) is 5.69 Å². The molecule has 27 heavy (non-hydrogen) atoms. The highest BCUT2D eigenvalue weighted by Crippen LogP contribution is 2.36. The quantitative estimate of drug-likeness (QED) is 0.361. The standard InChI is InChI=1S/C20H15FN2O3S/c21-17-12-11-15(23(25)26)13-18(17)22-20(24)19(14-7-3-1-4-8-14)27-16-9-5-2-6-10-16/h1-13,19H,(H,22,24). The van der Waals surface area contributed by atoms with E-state index in [4.69, 9.17) is 0 Å². The van der Waals surface area contributed by atoms with Crippen LogP contribution in [0.5, 0.6) is 0 Å². The third-order valence-corrected chi connectivity index (χ3v) is 5.02. The molecule has 0 aromatic heterocycles. The molecule has 1 N–H and O–H groups in total. The Hall–Kier alpha value is -3.19. The molecule has 0 aliphatic rings. The van der Waals surface area contributed by atoms with Crippen LogP contribution >= 0.6 is 11.8 Å². The number of anilines is 1. The maximum absolute atomic E-state index is 14.0. The number of halogens is 1. The highest BCUT2D eigenvalue weighted by molar-refractivity contribution is 8.00. The average molecular weight is 382 g/mol. The van der Waals surface area contributed by atoms with Gasteiger partial charge in [0.05, 0.1) is 10.6 Å². The number of thioether (sulfide) groups is 1. The number of benzene rings is 3. The van der Waals surface area contributed by atoms with E-state index < -0.39 is 21.9 Å². The van der Waals surface area contributed by atoms with Gasteiger partial charge in [-0.25, -0.2) is 4.39 Å². The van der Waals surface area contributed by atoms with Crippen molar-refractivity contribution in [3.63, 3.8) is 0 Å². The van der Waals surface area contributed by atoms with Gasteiger partial charge in [0.1, 0.15) is 11.1 Å². The molecular weight excluding hydrogens is 367 g/mol. The van der Waals surface area contributed by atoms with E-state index in [1.54, 1.807) is 0 Å². The fraction of sp³-hybridized carbons (Fsp3) is 0.0500. The molecule has 3 aromatic carbocycles. The third-order valence-electron chi connectivity index (χ3n) is 3.76. The maximum Gasteiger partial charge on any atom is 0.271 e. The molecule has 5 nitrogen and oxygen atoms in total. The van der Waals surface area contributed by atoms with Gasteiger partial charge in [0.2, 0.25) is 5.91 Å². The van der Waals surface area contributed by atoms with Crippen LogP contribution in [0.15, 0.2) is 83.8 Å². The first-order valence-electron chi connectivity index (χ1n) is 8.06. The highest BCUT2D eigenvalue weighted by Gasteiger charge is 2.23. The predicted molar refractivity (Wildman–Crippen MR) is 103 cm³/mol. The molecule has 0 saturated carbocycles. The van der Waals surface area contributed by atoms with E-state index in [1.807, 2.05) is 60.7 Å². The van der Waals surface area contributed by atoms with Crippen LogP contribution in [0.25, 0.3) is 0 Å². The molecule has 0 radical (unpaired) electrons. The van der Waals surface area contributed by atoms with E-state index in [0.29, 0.717) is 0 Å². The van der Waals surface area contributed by atoms with E-state index >= 15 is 0 Å². The number of nitro groups is 1. The SMILES string of the molecule is O=C(Nc1cc([N+](=O)[O-])ccc1F)C(Sc1ccccc1)c1ccccc1. The molecule has 0 bridgehead atoms. The zero-order chi connectivity index (χ0) is 19.2. The van der Waals surface area contributed by atoms with Crippen molar-refractivity contribution >= 4 is 29.0 Å². The van der Waals surface area contributed by atoms with Crippen LogP contribution in [0.4, 0.5) is 15.8 Å². The number of nitrogens with one attached hydrogen (secondary N) is 1. The lowest BCUT2D eigenvalue weighted by Gasteiger charge is -2.17. The summed E-state index contributed by atoms with van der Waals surface area (Å²) in [6.07, 6.45) is 0. The smallest absolute Gasteiger partial charge is 0.271 e. The Morgan fingerprint density at radius 1 is 1.00 bits per heavy atom. The molecule has 0 fully saturated rings. The summed E-state index contributed by atoms with van der Waals surface area (Å²) < 4.78 is 14.0. The second-order valence-electron chi connectivity index (χ2n) is 5.63. The van der Waals surface area contributed by atoms with Gasteiger partial charge < -0.3 is 5.32 Å². The molecule has 0 heterocycles. The van der Waals surface area contributed by atoms with Gasteiger partial charge in [-0.2, -0.15) is 0 Å². The van der Waals surface area contributed by atoms with Crippen molar-refractivity contribution in [1.29, 1.82) is 0 Å². The third kappa shape index (κ3) is 4.71. The van der Waals surface area contributed by atoms with E-state index in [2.05, 4.69) is 5.32 Å². The molecule has 1 unspecified atom stereocenters. The molecular formula is C20H15FN2O3S. The molecule has 0 saturated heterocycles. The lowest BCUT2D eigenvalue weighted by molar-refractivity contribution is -0.384. The Morgan fingerprint density at radius 3 is 2.26 bits per heavy atom. The predicted octanol–water partition coefficient (Wildman–Crippen LogP) is 5.21. The molecule has 0 aliphatic carbocycles. The van der Waals surface area contributed by atoms with Gasteiger partial charge >= 0.3 is 0 Å². The molecule has 1 amide bonds. The number of hydrogen-bond donors (Lipinski definition) is 1. The fourth-order valence-electron chi connectivity index (χ4n) is 2.46. The number of carbonyl (C=O) groups is 1. The number of nitro benzene ring substituents is 1. The van der Waals surface area contributed by atoms with Crippen molar-refractivity contribution in [3.05, 3.63) is 100 Å². The van der Waals surface area contributed by atoms with E-state index in [1.165, 1.54) is 11.8 Å². The van der Waals surface area contributed by atoms with E-state index in [-0.39, 0.29) is 11.4 Å². The monoisotopic (exact) mass is 382 g/mol. The summed E-state index contributed by atoms with van der Waals surface area (Å²) in [5, 5.41) is 12.8. The average Bonchev–Trinajstić information content (AvgIpc) is 2.69. The van der Waals surface area contributed by atoms with Gasteiger partial charge in [0, 0.05) is 17.0 Å². The van der Waals surface area contributed by atoms with E-state index in [9.17, 15) is 19.3 Å². The van der Waals surface area contributed by atoms with E-state index in [0.717, 1.165) is 28.7 Å². The Morgan fingerprint density at radius 2 is 1.63 bits per heavy atom. The summed E-state index contributed by atoms with van der Waals surface area (Å²) in [6, 6.07) is 21.5. The zero-order valence-electron chi connectivity index (χ0n) is 14.0. The van der Waals surface area contributed by atoms with Crippen LogP contribution in [-0.2, 0) is 4.79 Å². The van der Waals surface area contributed by atoms with Crippen LogP contribution in [-0.4, -0.2) is 10.8 Å². The maximum atomic E-state index is 14.0. The summed E-state index contributed by atoms with van der Waals surface area (Å²) in [5.74, 6) is -1.19. The summed E-state index contributed by atoms with van der Waals surface area (Å²) in [4.78, 5) is 24.0. The fourth-order valence-corrected chi connectivity index (χ4v) is 3.50. The van der Waals surface area contributed by atoms with Crippen molar-refractivity contribution in [2.75, 3.05) is 5.32 Å². The minimum absolute atomic E-state index is 0.219. The molecule has 3 aromatic rings. The van der Waals surface area contributed by atoms with Crippen LogP contribution in [0.3, 0.4) is 0 Å². The van der Waals surface area contributed by atoms with Crippen LogP contribution in [0.1, 0.15) is 10.8 Å². The number of rotatable bonds is 6. The van der Waals surface area contributed by atoms with Gasteiger partial charge in [0.15, 0.2) is 0 Å². The largest absolute Gasteiger partial charge is 0.322 e. The lowest BCUT2D eigenvalue weighted by Crippen LogP contribution is -2.19. The first-order chi connectivity index (χ1) is 13.0. The van der Waals surface area contributed by atoms with Gasteiger partial charge in [-0.1, -0.05) is 48.5 Å². The summed E-state index contributed by atoms with van der Waals surface area (Å²) >= 11 is 1.32. The first kappa shape index (κ1) is 18.6. The van der Waals surface area contributed by atoms with Crippen molar-refractivity contribution in [1.82, 2.24) is 0 Å². The second kappa shape index (κ2) is 8.46. The van der Waals surface area contributed by atoms with Crippen LogP contribution < -0.4 is 5.32 Å². The second-order valence-corrected chi connectivity index (χ2v) is 6.81. The van der Waals surface area contributed by atoms with Crippen LogP contribution in [0.2, 0.25) is 0 Å². The molecule has 0 aliphatic heterocycles. The summed E-state index contributed by atoms with van der Waals surface area (Å²) in [6.45, 7) is 0. The minimum Gasteiger partial charge on any atom is -0.322 e. The number of amides is 1. The van der Waals surface area contributed by atoms with Crippen molar-refractivity contribution in [2.24, 2.45) is 0 Å². The number of hydrogen-bond acceptors (Lipinski definition) is 4. The van der Waals surface area contributed by atoms with Gasteiger partial charge in [-0.3, -0.25) is 14.9 Å². The lowest BCUT2D eigenvalue weighted by atomic mass is 10.1.